The number of rotatable bonds is 9. The summed E-state index contributed by atoms with van der Waals surface area (Å²) >= 11 is 5.92. The summed E-state index contributed by atoms with van der Waals surface area (Å²) in [5.74, 6) is -0.498. The number of nitrogens with one attached hydrogen (secondary N) is 1. The van der Waals surface area contributed by atoms with Crippen LogP contribution in [0.5, 0.6) is 0 Å². The van der Waals surface area contributed by atoms with Gasteiger partial charge in [0.1, 0.15) is 6.61 Å². The lowest BCUT2D eigenvalue weighted by atomic mass is 10.1. The van der Waals surface area contributed by atoms with Crippen molar-refractivity contribution < 1.29 is 35.9 Å². The number of aryl methyl sites for hydroxylation is 1. The number of amides is 1. The Morgan fingerprint density at radius 1 is 1.22 bits per heavy atom. The van der Waals surface area contributed by atoms with Gasteiger partial charge in [-0.15, -0.1) is 0 Å². The van der Waals surface area contributed by atoms with E-state index in [0.29, 0.717) is 17.7 Å². The molecule has 0 unspecified atom stereocenters. The number of carbonyl (C=O) groups excluding carboxylic acids is 1. The van der Waals surface area contributed by atoms with E-state index in [0.717, 1.165) is 12.8 Å². The third kappa shape index (κ3) is 6.61. The molecule has 3 rings (SSSR count). The van der Waals surface area contributed by atoms with E-state index in [1.807, 2.05) is 0 Å². The number of carbonyl (C=O) groups is 1. The van der Waals surface area contributed by atoms with Crippen molar-refractivity contribution in [2.24, 2.45) is 0 Å². The number of hydrogen-bond donors (Lipinski definition) is 1. The molecule has 176 valence electrons. The smallest absolute Gasteiger partial charge is 0.367 e. The molecule has 1 N–H and O–H groups in total. The third-order valence-electron chi connectivity index (χ3n) is 4.72. The second-order valence-electron chi connectivity index (χ2n) is 7.46. The van der Waals surface area contributed by atoms with Gasteiger partial charge in [0, 0.05) is 24.6 Å². The molecule has 1 aliphatic rings. The minimum absolute atomic E-state index is 0.0389. The summed E-state index contributed by atoms with van der Waals surface area (Å²) in [6, 6.07) is 5.97. The zero-order valence-corrected chi connectivity index (χ0v) is 17.4. The highest BCUT2D eigenvalue weighted by atomic mass is 35.5. The Morgan fingerprint density at radius 3 is 2.56 bits per heavy atom. The van der Waals surface area contributed by atoms with Crippen LogP contribution in [0.25, 0.3) is 0 Å². The van der Waals surface area contributed by atoms with E-state index in [1.165, 1.54) is 28.9 Å². The Bertz CT molecular complexity index is 954. The van der Waals surface area contributed by atoms with Crippen LogP contribution in [0.4, 0.5) is 26.3 Å². The van der Waals surface area contributed by atoms with E-state index in [-0.39, 0.29) is 36.2 Å². The summed E-state index contributed by atoms with van der Waals surface area (Å²) in [6.45, 7) is -1.38. The number of alkyl halides is 6. The average molecular weight is 484 g/mol. The normalized spacial score (nSPS) is 14.6. The van der Waals surface area contributed by atoms with Gasteiger partial charge in [-0.3, -0.25) is 9.48 Å². The molecule has 1 aliphatic carbocycles. The van der Waals surface area contributed by atoms with Gasteiger partial charge in [-0.05, 0) is 37.0 Å². The highest BCUT2D eigenvalue weighted by Gasteiger charge is 2.41. The molecule has 0 atom stereocenters. The predicted octanol–water partition coefficient (Wildman–Crippen LogP) is 5.33. The first-order valence-electron chi connectivity index (χ1n) is 9.80. The van der Waals surface area contributed by atoms with Gasteiger partial charge in [0.15, 0.2) is 5.69 Å². The first kappa shape index (κ1) is 24.4. The Kier molecular flexibility index (Phi) is 7.39. The maximum absolute atomic E-state index is 13.1. The molecule has 2 aromatic rings. The fraction of sp³-hybridized carbons (Fsp3) is 0.500. The van der Waals surface area contributed by atoms with E-state index >= 15 is 0 Å². The largest absolute Gasteiger partial charge is 0.436 e. The minimum Gasteiger partial charge on any atom is -0.367 e. The molecule has 5 nitrogen and oxygen atoms in total. The number of benzene rings is 1. The zero-order chi connectivity index (χ0) is 23.5. The third-order valence-corrected chi connectivity index (χ3v) is 5.09. The molecule has 32 heavy (non-hydrogen) atoms. The van der Waals surface area contributed by atoms with Crippen LogP contribution < -0.4 is 5.32 Å². The van der Waals surface area contributed by atoms with Crippen molar-refractivity contribution in [1.29, 1.82) is 0 Å². The van der Waals surface area contributed by atoms with E-state index in [2.05, 4.69) is 15.2 Å². The average Bonchev–Trinajstić information content (AvgIpc) is 3.46. The van der Waals surface area contributed by atoms with Crippen LogP contribution in [0.1, 0.15) is 52.5 Å². The van der Waals surface area contributed by atoms with Crippen LogP contribution >= 0.6 is 11.6 Å². The van der Waals surface area contributed by atoms with Gasteiger partial charge in [0.25, 0.3) is 5.91 Å². The number of hydrogen-bond acceptors (Lipinski definition) is 3. The summed E-state index contributed by atoms with van der Waals surface area (Å²) in [5.41, 5.74) is -0.0911. The maximum atomic E-state index is 13.1. The lowest BCUT2D eigenvalue weighted by Gasteiger charge is -2.10. The SMILES string of the molecule is O=C(NCCCn1nc(C(F)(F)F)c(Cl)c1C1CC1)c1cccc(COCC(F)(F)F)c1. The summed E-state index contributed by atoms with van der Waals surface area (Å²) < 4.78 is 81.6. The van der Waals surface area contributed by atoms with Gasteiger partial charge in [-0.1, -0.05) is 23.7 Å². The van der Waals surface area contributed by atoms with E-state index in [4.69, 9.17) is 11.6 Å². The van der Waals surface area contributed by atoms with Crippen LogP contribution in [0.3, 0.4) is 0 Å². The Balaban J connectivity index is 1.52. The second-order valence-corrected chi connectivity index (χ2v) is 7.84. The lowest BCUT2D eigenvalue weighted by molar-refractivity contribution is -0.176. The number of halogens is 7. The Hall–Kier alpha value is -2.27. The first-order chi connectivity index (χ1) is 15.0. The van der Waals surface area contributed by atoms with Crippen LogP contribution in [0, 0.1) is 0 Å². The molecule has 0 bridgehead atoms. The molecule has 0 radical (unpaired) electrons. The summed E-state index contributed by atoms with van der Waals surface area (Å²) in [5, 5.41) is 5.90. The molecular weight excluding hydrogens is 464 g/mol. The Morgan fingerprint density at radius 2 is 1.94 bits per heavy atom. The van der Waals surface area contributed by atoms with Crippen LogP contribution in [-0.2, 0) is 24.1 Å². The maximum Gasteiger partial charge on any atom is 0.436 e. The highest BCUT2D eigenvalue weighted by Crippen LogP contribution is 2.46. The first-order valence-corrected chi connectivity index (χ1v) is 10.2. The van der Waals surface area contributed by atoms with E-state index in [9.17, 15) is 31.1 Å². The second kappa shape index (κ2) is 9.70. The predicted molar refractivity (Wildman–Crippen MR) is 103 cm³/mol. The quantitative estimate of drug-likeness (QED) is 0.387. The number of nitrogens with zero attached hydrogens (tertiary/aromatic N) is 2. The summed E-state index contributed by atoms with van der Waals surface area (Å²) in [6.07, 6.45) is -7.26. The van der Waals surface area contributed by atoms with Crippen molar-refractivity contribution >= 4 is 17.5 Å². The summed E-state index contributed by atoms with van der Waals surface area (Å²) in [7, 11) is 0. The van der Waals surface area contributed by atoms with Crippen molar-refractivity contribution in [3.05, 3.63) is 51.8 Å². The van der Waals surface area contributed by atoms with Crippen molar-refractivity contribution in [3.8, 4) is 0 Å². The van der Waals surface area contributed by atoms with Crippen molar-refractivity contribution in [1.82, 2.24) is 15.1 Å². The molecule has 1 amide bonds. The van der Waals surface area contributed by atoms with Crippen LogP contribution in [0.2, 0.25) is 5.02 Å². The monoisotopic (exact) mass is 483 g/mol. The van der Waals surface area contributed by atoms with Gasteiger partial charge >= 0.3 is 12.4 Å². The van der Waals surface area contributed by atoms with Gasteiger partial charge < -0.3 is 10.1 Å². The molecule has 1 heterocycles. The molecule has 0 spiro atoms. The molecule has 1 aromatic heterocycles. The molecule has 0 saturated heterocycles. The Labute approximate surface area is 184 Å². The molecular formula is C20H20ClF6N3O2. The molecule has 0 aliphatic heterocycles. The number of aromatic nitrogens is 2. The fourth-order valence-electron chi connectivity index (χ4n) is 3.17. The standard InChI is InChI=1S/C20H20ClF6N3O2/c21-15-16(13-5-6-13)30(29-17(15)20(25,26)27)8-2-7-28-18(31)14-4-1-3-12(9-14)10-32-11-19(22,23)24/h1,3-4,9,13H,2,5-8,10-11H2,(H,28,31). The number of ether oxygens (including phenoxy) is 1. The molecule has 1 aromatic carbocycles. The highest BCUT2D eigenvalue weighted by molar-refractivity contribution is 6.32. The van der Waals surface area contributed by atoms with E-state index < -0.39 is 30.6 Å². The van der Waals surface area contributed by atoms with Crippen molar-refractivity contribution in [2.45, 2.75) is 50.7 Å². The zero-order valence-electron chi connectivity index (χ0n) is 16.7. The van der Waals surface area contributed by atoms with Gasteiger partial charge in [-0.2, -0.15) is 31.4 Å². The van der Waals surface area contributed by atoms with Gasteiger partial charge in [-0.25, -0.2) is 0 Å². The van der Waals surface area contributed by atoms with Gasteiger partial charge in [0.2, 0.25) is 0 Å². The topological polar surface area (TPSA) is 56.2 Å². The van der Waals surface area contributed by atoms with Crippen molar-refractivity contribution in [3.63, 3.8) is 0 Å². The summed E-state index contributed by atoms with van der Waals surface area (Å²) in [4.78, 5) is 12.3. The van der Waals surface area contributed by atoms with E-state index in [1.54, 1.807) is 0 Å². The molecule has 1 saturated carbocycles. The molecule has 12 heteroatoms. The minimum atomic E-state index is -4.64. The van der Waals surface area contributed by atoms with Crippen molar-refractivity contribution in [2.75, 3.05) is 13.2 Å². The van der Waals surface area contributed by atoms with Gasteiger partial charge in [0.05, 0.1) is 17.3 Å². The van der Waals surface area contributed by atoms with Crippen LogP contribution in [-0.4, -0.2) is 35.0 Å². The lowest BCUT2D eigenvalue weighted by Crippen LogP contribution is -2.25. The fourth-order valence-corrected chi connectivity index (χ4v) is 3.57. The molecule has 1 fully saturated rings. The van der Waals surface area contributed by atoms with Crippen LogP contribution in [0.15, 0.2) is 24.3 Å².